The first-order valence-corrected chi connectivity index (χ1v) is 4.88. The van der Waals surface area contributed by atoms with Crippen LogP contribution in [-0.2, 0) is 0 Å². The first-order chi connectivity index (χ1) is 7.29. The van der Waals surface area contributed by atoms with E-state index in [1.54, 1.807) is 6.08 Å². The van der Waals surface area contributed by atoms with Gasteiger partial charge < -0.3 is 5.73 Å². The van der Waals surface area contributed by atoms with Crippen LogP contribution >= 0.6 is 0 Å². The molecule has 15 heavy (non-hydrogen) atoms. The highest BCUT2D eigenvalue weighted by Crippen LogP contribution is 2.18. The van der Waals surface area contributed by atoms with Gasteiger partial charge in [-0.05, 0) is 18.1 Å². The van der Waals surface area contributed by atoms with E-state index >= 15 is 0 Å². The molecule has 0 aliphatic heterocycles. The lowest BCUT2D eigenvalue weighted by atomic mass is 10.00. The second kappa shape index (κ2) is 7.77. The molecule has 1 atom stereocenters. The van der Waals surface area contributed by atoms with Crippen LogP contribution in [0.2, 0.25) is 0 Å². The number of allylic oxidation sites excluding steroid dienone is 1. The minimum atomic E-state index is -0.0521. The Morgan fingerprint density at radius 1 is 1.27 bits per heavy atom. The molecule has 80 valence electrons. The number of rotatable bonds is 3. The molecular formula is C14H19N. The molecule has 2 N–H and O–H groups in total. The van der Waals surface area contributed by atoms with Gasteiger partial charge in [-0.15, -0.1) is 13.2 Å². The van der Waals surface area contributed by atoms with Crippen molar-refractivity contribution in [2.75, 3.05) is 0 Å². The third-order valence-electron chi connectivity index (χ3n) is 2.09. The Kier molecular flexibility index (Phi) is 6.94. The average Bonchev–Trinajstić information content (AvgIpc) is 2.34. The summed E-state index contributed by atoms with van der Waals surface area (Å²) >= 11 is 0. The Bertz CT molecular complexity index is 311. The minimum absolute atomic E-state index is 0.0521. The maximum atomic E-state index is 6.02. The molecule has 1 rings (SSSR count). The van der Waals surface area contributed by atoms with Crippen molar-refractivity contribution in [3.63, 3.8) is 0 Å². The zero-order chi connectivity index (χ0) is 11.7. The Morgan fingerprint density at radius 3 is 2.20 bits per heavy atom. The van der Waals surface area contributed by atoms with Crippen LogP contribution in [0.4, 0.5) is 0 Å². The molecule has 1 aromatic carbocycles. The summed E-state index contributed by atoms with van der Waals surface area (Å²) in [5.41, 5.74) is 8.20. The molecule has 0 saturated carbocycles. The molecule has 1 aromatic rings. The highest BCUT2D eigenvalue weighted by molar-refractivity contribution is 5.32. The molecule has 0 fully saturated rings. The molecule has 0 spiro atoms. The van der Waals surface area contributed by atoms with Crippen molar-refractivity contribution >= 4 is 0 Å². The van der Waals surface area contributed by atoms with Crippen molar-refractivity contribution in [2.45, 2.75) is 13.0 Å². The summed E-state index contributed by atoms with van der Waals surface area (Å²) in [5, 5.41) is 0. The van der Waals surface area contributed by atoms with Crippen molar-refractivity contribution in [1.82, 2.24) is 0 Å². The summed E-state index contributed by atoms with van der Waals surface area (Å²) in [6.45, 7) is 11.7. The summed E-state index contributed by atoms with van der Waals surface area (Å²) in [5.74, 6) is 0. The van der Waals surface area contributed by atoms with Gasteiger partial charge in [0.2, 0.25) is 0 Å². The van der Waals surface area contributed by atoms with Gasteiger partial charge in [0.15, 0.2) is 0 Å². The van der Waals surface area contributed by atoms with Crippen LogP contribution in [0, 0.1) is 0 Å². The van der Waals surface area contributed by atoms with E-state index in [1.807, 2.05) is 43.3 Å². The molecule has 0 radical (unpaired) electrons. The molecule has 0 aromatic heterocycles. The van der Waals surface area contributed by atoms with Crippen molar-refractivity contribution in [3.8, 4) is 0 Å². The third kappa shape index (κ3) is 3.96. The maximum absolute atomic E-state index is 6.02. The van der Waals surface area contributed by atoms with E-state index in [2.05, 4.69) is 19.7 Å². The predicted molar refractivity (Wildman–Crippen MR) is 68.6 cm³/mol. The van der Waals surface area contributed by atoms with E-state index < -0.39 is 0 Å². The van der Waals surface area contributed by atoms with Gasteiger partial charge in [-0.2, -0.15) is 0 Å². The smallest absolute Gasteiger partial charge is 0.0548 e. The maximum Gasteiger partial charge on any atom is 0.0548 e. The third-order valence-corrected chi connectivity index (χ3v) is 2.09. The molecule has 0 aliphatic rings. The van der Waals surface area contributed by atoms with Crippen LogP contribution in [0.25, 0.3) is 0 Å². The fourth-order valence-corrected chi connectivity index (χ4v) is 1.28. The van der Waals surface area contributed by atoms with Gasteiger partial charge >= 0.3 is 0 Å². The number of hydrogen-bond donors (Lipinski definition) is 1. The van der Waals surface area contributed by atoms with Crippen LogP contribution in [0.3, 0.4) is 0 Å². The second-order valence-electron chi connectivity index (χ2n) is 2.88. The summed E-state index contributed by atoms with van der Waals surface area (Å²) in [6.07, 6.45) is 3.79. The lowest BCUT2D eigenvalue weighted by molar-refractivity contribution is 0.869. The average molecular weight is 201 g/mol. The topological polar surface area (TPSA) is 26.0 Å². The number of benzene rings is 1. The highest BCUT2D eigenvalue weighted by atomic mass is 14.6. The Hall–Kier alpha value is -1.60. The van der Waals surface area contributed by atoms with Crippen LogP contribution in [0.1, 0.15) is 18.5 Å². The van der Waals surface area contributed by atoms with Crippen molar-refractivity contribution in [2.24, 2.45) is 5.73 Å². The highest BCUT2D eigenvalue weighted by Gasteiger charge is 2.06. The second-order valence-corrected chi connectivity index (χ2v) is 2.88. The van der Waals surface area contributed by atoms with Gasteiger partial charge in [0.1, 0.15) is 0 Å². The quantitative estimate of drug-likeness (QED) is 0.586. The van der Waals surface area contributed by atoms with Crippen LogP contribution in [-0.4, -0.2) is 0 Å². The zero-order valence-electron chi connectivity index (χ0n) is 9.32. The fourth-order valence-electron chi connectivity index (χ4n) is 1.28. The van der Waals surface area contributed by atoms with Gasteiger partial charge in [-0.25, -0.2) is 0 Å². The molecule has 0 aliphatic carbocycles. The van der Waals surface area contributed by atoms with Crippen LogP contribution < -0.4 is 5.73 Å². The molecular weight excluding hydrogens is 182 g/mol. The van der Waals surface area contributed by atoms with Gasteiger partial charge in [0.05, 0.1) is 6.04 Å². The standard InChI is InChI=1S/C12H15N.C2H4/c1-3-10(4-2)12(13)11-8-6-5-7-9-11;1-2/h3-9,12H,1,13H2,2H3;1-2H2/b10-4+;. The molecule has 1 heteroatoms. The monoisotopic (exact) mass is 201 g/mol. The summed E-state index contributed by atoms with van der Waals surface area (Å²) < 4.78 is 0. The molecule has 0 bridgehead atoms. The van der Waals surface area contributed by atoms with E-state index in [-0.39, 0.29) is 6.04 Å². The largest absolute Gasteiger partial charge is 0.320 e. The molecule has 0 amide bonds. The van der Waals surface area contributed by atoms with Gasteiger partial charge in [-0.3, -0.25) is 0 Å². The van der Waals surface area contributed by atoms with Crippen LogP contribution in [0.15, 0.2) is 67.8 Å². The van der Waals surface area contributed by atoms with E-state index in [0.29, 0.717) is 0 Å². The van der Waals surface area contributed by atoms with Gasteiger partial charge in [0, 0.05) is 0 Å². The lowest BCUT2D eigenvalue weighted by Gasteiger charge is -2.12. The van der Waals surface area contributed by atoms with Gasteiger partial charge in [0.25, 0.3) is 0 Å². The number of nitrogens with two attached hydrogens (primary N) is 1. The van der Waals surface area contributed by atoms with Crippen molar-refractivity contribution in [3.05, 3.63) is 73.4 Å². The molecule has 1 nitrogen and oxygen atoms in total. The molecule has 1 unspecified atom stereocenters. The first kappa shape index (κ1) is 13.4. The summed E-state index contributed by atoms with van der Waals surface area (Å²) in [7, 11) is 0. The Morgan fingerprint density at radius 2 is 1.80 bits per heavy atom. The van der Waals surface area contributed by atoms with Crippen molar-refractivity contribution in [1.29, 1.82) is 0 Å². The minimum Gasteiger partial charge on any atom is -0.320 e. The van der Waals surface area contributed by atoms with E-state index in [4.69, 9.17) is 5.73 Å². The summed E-state index contributed by atoms with van der Waals surface area (Å²) in [4.78, 5) is 0. The lowest BCUT2D eigenvalue weighted by Crippen LogP contribution is -2.11. The van der Waals surface area contributed by atoms with Gasteiger partial charge in [-0.1, -0.05) is 49.1 Å². The van der Waals surface area contributed by atoms with E-state index in [0.717, 1.165) is 11.1 Å². The zero-order valence-corrected chi connectivity index (χ0v) is 9.32. The summed E-state index contributed by atoms with van der Waals surface area (Å²) in [6, 6.07) is 9.97. The Labute approximate surface area is 92.6 Å². The predicted octanol–water partition coefficient (Wildman–Crippen LogP) is 3.62. The Balaban J connectivity index is 0.000000921. The SMILES string of the molecule is C=C.C=C/C(=C\C)C(N)c1ccccc1. The van der Waals surface area contributed by atoms with Crippen LogP contribution in [0.5, 0.6) is 0 Å². The first-order valence-electron chi connectivity index (χ1n) is 4.88. The molecule has 0 heterocycles. The normalized spacial score (nSPS) is 12.3. The molecule has 0 saturated heterocycles. The van der Waals surface area contributed by atoms with E-state index in [1.165, 1.54) is 0 Å². The van der Waals surface area contributed by atoms with E-state index in [9.17, 15) is 0 Å². The number of hydrogen-bond acceptors (Lipinski definition) is 1. The van der Waals surface area contributed by atoms with Crippen molar-refractivity contribution < 1.29 is 0 Å². The fraction of sp³-hybridized carbons (Fsp3) is 0.143.